The van der Waals surface area contributed by atoms with Crippen molar-refractivity contribution in [3.63, 3.8) is 0 Å². The molecule has 3 N–H and O–H groups in total. The fraction of sp³-hybridized carbons (Fsp3) is 0.294. The molecular formula is C17H20N2O3S. The molecule has 1 atom stereocenters. The molecule has 0 aliphatic carbocycles. The molecule has 0 spiro atoms. The first-order chi connectivity index (χ1) is 10.8. The molecule has 0 aliphatic rings. The topological polar surface area (TPSA) is 78.4 Å². The lowest BCUT2D eigenvalue weighted by Crippen LogP contribution is -2.43. The van der Waals surface area contributed by atoms with Gasteiger partial charge in [-0.1, -0.05) is 12.1 Å². The second kappa shape index (κ2) is 6.93. The first kappa shape index (κ1) is 17.2. The summed E-state index contributed by atoms with van der Waals surface area (Å²) in [7, 11) is 0. The number of carbonyl (C=O) groups excluding carboxylic acids is 2. The van der Waals surface area contributed by atoms with Gasteiger partial charge in [-0.25, -0.2) is 0 Å². The number of hydrogen-bond acceptors (Lipinski definition) is 4. The van der Waals surface area contributed by atoms with E-state index in [1.54, 1.807) is 13.0 Å². The summed E-state index contributed by atoms with van der Waals surface area (Å²) in [5.74, 6) is -1.53. The minimum absolute atomic E-state index is 0.0389. The summed E-state index contributed by atoms with van der Waals surface area (Å²) in [6.07, 6.45) is 0. The van der Waals surface area contributed by atoms with E-state index >= 15 is 0 Å². The van der Waals surface area contributed by atoms with Crippen LogP contribution in [0.5, 0.6) is 0 Å². The van der Waals surface area contributed by atoms with Crippen molar-refractivity contribution in [3.05, 3.63) is 51.7 Å². The van der Waals surface area contributed by atoms with Crippen LogP contribution in [0.4, 0.5) is 5.69 Å². The van der Waals surface area contributed by atoms with Crippen LogP contribution in [0.15, 0.2) is 35.0 Å². The number of amides is 2. The first-order valence-electron chi connectivity index (χ1n) is 7.21. The number of carbonyl (C=O) groups is 2. The third-order valence-electron chi connectivity index (χ3n) is 3.58. The molecule has 0 aliphatic heterocycles. The maximum absolute atomic E-state index is 12.0. The van der Waals surface area contributed by atoms with Crippen molar-refractivity contribution in [2.24, 2.45) is 0 Å². The van der Waals surface area contributed by atoms with Crippen LogP contribution < -0.4 is 10.6 Å². The normalized spacial score (nSPS) is 13.2. The zero-order valence-electron chi connectivity index (χ0n) is 13.3. The lowest BCUT2D eigenvalue weighted by molar-refractivity contribution is -0.136. The van der Waals surface area contributed by atoms with Crippen molar-refractivity contribution in [1.29, 1.82) is 0 Å². The molecule has 1 aromatic carbocycles. The molecule has 1 heterocycles. The van der Waals surface area contributed by atoms with Gasteiger partial charge >= 0.3 is 11.8 Å². The fourth-order valence-corrected chi connectivity index (χ4v) is 2.84. The van der Waals surface area contributed by atoms with Crippen molar-refractivity contribution >= 4 is 28.8 Å². The molecule has 23 heavy (non-hydrogen) atoms. The van der Waals surface area contributed by atoms with E-state index in [2.05, 4.69) is 10.6 Å². The summed E-state index contributed by atoms with van der Waals surface area (Å²) in [5, 5.41) is 19.1. The highest BCUT2D eigenvalue weighted by Crippen LogP contribution is 2.22. The number of benzene rings is 1. The molecule has 1 aromatic heterocycles. The van der Waals surface area contributed by atoms with Gasteiger partial charge in [-0.05, 0) is 60.4 Å². The SMILES string of the molecule is Cc1ccc(C)c(NC(=O)C(=O)NCC(C)(O)c2ccsc2)c1. The number of aryl methyl sites for hydroxylation is 2. The Kier molecular flexibility index (Phi) is 5.18. The largest absolute Gasteiger partial charge is 0.384 e. The number of hydrogen-bond donors (Lipinski definition) is 3. The average Bonchev–Trinajstić information content (AvgIpc) is 3.03. The molecule has 2 rings (SSSR count). The summed E-state index contributed by atoms with van der Waals surface area (Å²) < 4.78 is 0. The number of aliphatic hydroxyl groups is 1. The van der Waals surface area contributed by atoms with Gasteiger partial charge in [0.15, 0.2) is 0 Å². The molecule has 1 unspecified atom stereocenters. The summed E-state index contributed by atoms with van der Waals surface area (Å²) in [4.78, 5) is 23.9. The van der Waals surface area contributed by atoms with Crippen LogP contribution in [0.2, 0.25) is 0 Å². The predicted molar refractivity (Wildman–Crippen MR) is 91.4 cm³/mol. The summed E-state index contributed by atoms with van der Waals surface area (Å²) in [5.41, 5.74) is 1.97. The van der Waals surface area contributed by atoms with Gasteiger partial charge in [0.05, 0.1) is 6.54 Å². The van der Waals surface area contributed by atoms with Crippen LogP contribution in [0, 0.1) is 13.8 Å². The minimum atomic E-state index is -1.21. The zero-order valence-corrected chi connectivity index (χ0v) is 14.2. The predicted octanol–water partition coefficient (Wildman–Crippen LogP) is 2.33. The van der Waals surface area contributed by atoms with Crippen molar-refractivity contribution in [3.8, 4) is 0 Å². The first-order valence-corrected chi connectivity index (χ1v) is 8.15. The standard InChI is InChI=1S/C17H20N2O3S/c1-11-4-5-12(2)14(8-11)19-16(21)15(20)18-10-17(3,22)13-6-7-23-9-13/h4-9,22H,10H2,1-3H3,(H,18,20)(H,19,21). The van der Waals surface area contributed by atoms with Crippen molar-refractivity contribution < 1.29 is 14.7 Å². The molecule has 2 amide bonds. The molecule has 0 radical (unpaired) electrons. The second-order valence-corrected chi connectivity index (χ2v) is 6.52. The number of nitrogens with one attached hydrogen (secondary N) is 2. The van der Waals surface area contributed by atoms with Crippen LogP contribution in [0.1, 0.15) is 23.6 Å². The van der Waals surface area contributed by atoms with E-state index in [1.807, 2.05) is 42.8 Å². The third kappa shape index (κ3) is 4.40. The Morgan fingerprint density at radius 3 is 2.61 bits per heavy atom. The summed E-state index contributed by atoms with van der Waals surface area (Å²) in [6.45, 7) is 5.32. The highest BCUT2D eigenvalue weighted by atomic mass is 32.1. The fourth-order valence-electron chi connectivity index (χ4n) is 2.06. The van der Waals surface area contributed by atoms with Gasteiger partial charge in [-0.15, -0.1) is 0 Å². The number of rotatable bonds is 4. The molecule has 0 fully saturated rings. The zero-order chi connectivity index (χ0) is 17.0. The monoisotopic (exact) mass is 332 g/mol. The van der Waals surface area contributed by atoms with Gasteiger partial charge in [0.25, 0.3) is 0 Å². The van der Waals surface area contributed by atoms with Gasteiger partial charge < -0.3 is 15.7 Å². The van der Waals surface area contributed by atoms with Crippen LogP contribution in [-0.4, -0.2) is 23.5 Å². The Hall–Kier alpha value is -2.18. The molecule has 0 bridgehead atoms. The maximum atomic E-state index is 12.0. The van der Waals surface area contributed by atoms with Gasteiger partial charge in [0.2, 0.25) is 0 Å². The van der Waals surface area contributed by atoms with Crippen LogP contribution >= 0.6 is 11.3 Å². The van der Waals surface area contributed by atoms with Crippen LogP contribution in [0.25, 0.3) is 0 Å². The summed E-state index contributed by atoms with van der Waals surface area (Å²) >= 11 is 1.46. The molecular weight excluding hydrogens is 312 g/mol. The smallest absolute Gasteiger partial charge is 0.313 e. The Labute approximate surface area is 139 Å². The van der Waals surface area contributed by atoms with Crippen LogP contribution in [0.3, 0.4) is 0 Å². The highest BCUT2D eigenvalue weighted by Gasteiger charge is 2.25. The Balaban J connectivity index is 1.95. The van der Waals surface area contributed by atoms with E-state index in [4.69, 9.17) is 0 Å². The highest BCUT2D eigenvalue weighted by molar-refractivity contribution is 7.08. The minimum Gasteiger partial charge on any atom is -0.384 e. The van der Waals surface area contributed by atoms with E-state index in [0.717, 1.165) is 11.1 Å². The van der Waals surface area contributed by atoms with Gasteiger partial charge in [0.1, 0.15) is 5.60 Å². The summed E-state index contributed by atoms with van der Waals surface area (Å²) in [6, 6.07) is 7.41. The number of anilines is 1. The lowest BCUT2D eigenvalue weighted by Gasteiger charge is -2.22. The second-order valence-electron chi connectivity index (χ2n) is 5.74. The Morgan fingerprint density at radius 1 is 1.22 bits per heavy atom. The Morgan fingerprint density at radius 2 is 1.96 bits per heavy atom. The van der Waals surface area contributed by atoms with Gasteiger partial charge in [-0.3, -0.25) is 9.59 Å². The average molecular weight is 332 g/mol. The third-order valence-corrected chi connectivity index (χ3v) is 4.27. The van der Waals surface area contributed by atoms with E-state index in [-0.39, 0.29) is 6.54 Å². The van der Waals surface area contributed by atoms with Crippen molar-refractivity contribution in [1.82, 2.24) is 5.32 Å². The molecule has 2 aromatic rings. The molecule has 122 valence electrons. The molecule has 0 saturated carbocycles. The molecule has 5 nitrogen and oxygen atoms in total. The van der Waals surface area contributed by atoms with Gasteiger partial charge in [0, 0.05) is 5.69 Å². The van der Waals surface area contributed by atoms with E-state index in [1.165, 1.54) is 11.3 Å². The van der Waals surface area contributed by atoms with Gasteiger partial charge in [-0.2, -0.15) is 11.3 Å². The van der Waals surface area contributed by atoms with E-state index in [0.29, 0.717) is 11.3 Å². The van der Waals surface area contributed by atoms with E-state index < -0.39 is 17.4 Å². The van der Waals surface area contributed by atoms with E-state index in [9.17, 15) is 14.7 Å². The quantitative estimate of drug-likeness (QED) is 0.752. The molecule has 0 saturated heterocycles. The Bertz CT molecular complexity index is 709. The van der Waals surface area contributed by atoms with Crippen LogP contribution in [-0.2, 0) is 15.2 Å². The lowest BCUT2D eigenvalue weighted by atomic mass is 9.99. The number of thiophene rings is 1. The maximum Gasteiger partial charge on any atom is 0.313 e. The molecule has 6 heteroatoms. The van der Waals surface area contributed by atoms with Crippen molar-refractivity contribution in [2.45, 2.75) is 26.4 Å². The van der Waals surface area contributed by atoms with Crippen molar-refractivity contribution in [2.75, 3.05) is 11.9 Å².